The molecule has 106 valence electrons. The summed E-state index contributed by atoms with van der Waals surface area (Å²) in [7, 11) is 0. The number of aliphatic hydroxyl groups excluding tert-OH is 1. The number of hydrogen-bond donors (Lipinski definition) is 2. The predicted molar refractivity (Wildman–Crippen MR) is 76.4 cm³/mol. The Hall–Kier alpha value is -2.07. The van der Waals surface area contributed by atoms with Crippen LogP contribution in [0.1, 0.15) is 40.6 Å². The van der Waals surface area contributed by atoms with Crippen LogP contribution in [0.5, 0.6) is 0 Å². The first-order chi connectivity index (χ1) is 9.72. The molecule has 4 heteroatoms. The van der Waals surface area contributed by atoms with Crippen LogP contribution in [0.15, 0.2) is 47.1 Å². The average Bonchev–Trinajstić information content (AvgIpc) is 2.90. The summed E-state index contributed by atoms with van der Waals surface area (Å²) in [4.78, 5) is 12.2. The van der Waals surface area contributed by atoms with E-state index in [4.69, 9.17) is 9.52 Å². The molecule has 0 spiro atoms. The van der Waals surface area contributed by atoms with Gasteiger partial charge >= 0.3 is 0 Å². The number of carbonyl (C=O) groups excluding carboxylic acids is 1. The maximum atomic E-state index is 12.2. The highest BCUT2D eigenvalue weighted by molar-refractivity contribution is 5.95. The van der Waals surface area contributed by atoms with Crippen LogP contribution >= 0.6 is 0 Å². The first kappa shape index (κ1) is 14.3. The zero-order valence-electron chi connectivity index (χ0n) is 11.5. The molecule has 2 N–H and O–H groups in total. The average molecular weight is 273 g/mol. The fraction of sp³-hybridized carbons (Fsp3) is 0.312. The van der Waals surface area contributed by atoms with E-state index in [0.29, 0.717) is 24.2 Å². The van der Waals surface area contributed by atoms with Crippen LogP contribution < -0.4 is 5.32 Å². The lowest BCUT2D eigenvalue weighted by Gasteiger charge is -2.18. The number of hydrogen-bond acceptors (Lipinski definition) is 3. The van der Waals surface area contributed by atoms with E-state index in [-0.39, 0.29) is 18.6 Å². The minimum absolute atomic E-state index is 0.106. The van der Waals surface area contributed by atoms with Gasteiger partial charge in [0, 0.05) is 6.61 Å². The van der Waals surface area contributed by atoms with E-state index in [2.05, 4.69) is 5.32 Å². The summed E-state index contributed by atoms with van der Waals surface area (Å²) in [6, 6.07) is 11.3. The highest BCUT2D eigenvalue weighted by atomic mass is 16.3. The molecule has 0 aliphatic heterocycles. The van der Waals surface area contributed by atoms with Gasteiger partial charge in [0.1, 0.15) is 5.76 Å². The van der Waals surface area contributed by atoms with Crippen LogP contribution in [0.2, 0.25) is 0 Å². The fourth-order valence-electron chi connectivity index (χ4n) is 2.16. The van der Waals surface area contributed by atoms with E-state index in [1.165, 1.54) is 6.26 Å². The maximum Gasteiger partial charge on any atom is 0.255 e. The van der Waals surface area contributed by atoms with Crippen LogP contribution in [-0.2, 0) is 0 Å². The summed E-state index contributed by atoms with van der Waals surface area (Å²) in [5.74, 6) is 0.458. The number of rotatable bonds is 6. The van der Waals surface area contributed by atoms with E-state index in [1.54, 1.807) is 13.0 Å². The minimum atomic E-state index is -0.150. The van der Waals surface area contributed by atoms with Gasteiger partial charge in [0.2, 0.25) is 0 Å². The molecule has 0 bridgehead atoms. The molecule has 4 nitrogen and oxygen atoms in total. The molecule has 1 amide bonds. The summed E-state index contributed by atoms with van der Waals surface area (Å²) in [6.07, 6.45) is 2.85. The van der Waals surface area contributed by atoms with Crippen molar-refractivity contribution in [2.45, 2.75) is 25.8 Å². The van der Waals surface area contributed by atoms with Crippen LogP contribution in [0.3, 0.4) is 0 Å². The van der Waals surface area contributed by atoms with Crippen molar-refractivity contribution in [3.8, 4) is 0 Å². The molecule has 0 saturated heterocycles. The number of benzene rings is 1. The van der Waals surface area contributed by atoms with Gasteiger partial charge in [-0.25, -0.2) is 0 Å². The number of furan rings is 1. The first-order valence-electron chi connectivity index (χ1n) is 6.73. The Labute approximate surface area is 118 Å². The lowest BCUT2D eigenvalue weighted by molar-refractivity contribution is 0.0931. The third-order valence-corrected chi connectivity index (χ3v) is 3.26. The van der Waals surface area contributed by atoms with E-state index in [0.717, 1.165) is 5.56 Å². The van der Waals surface area contributed by atoms with Crippen molar-refractivity contribution in [1.82, 2.24) is 5.32 Å². The third-order valence-electron chi connectivity index (χ3n) is 3.26. The van der Waals surface area contributed by atoms with Gasteiger partial charge in [0.25, 0.3) is 5.91 Å². The van der Waals surface area contributed by atoms with Crippen LogP contribution in [0.4, 0.5) is 0 Å². The Bertz CT molecular complexity index is 548. The summed E-state index contributed by atoms with van der Waals surface area (Å²) in [6.45, 7) is 1.88. The Morgan fingerprint density at radius 1 is 1.30 bits per heavy atom. The second kappa shape index (κ2) is 6.91. The van der Waals surface area contributed by atoms with Crippen LogP contribution in [0.25, 0.3) is 0 Å². The van der Waals surface area contributed by atoms with Gasteiger partial charge in [0.15, 0.2) is 0 Å². The number of aryl methyl sites for hydroxylation is 1. The van der Waals surface area contributed by atoms with Crippen molar-refractivity contribution >= 4 is 5.91 Å². The normalized spacial score (nSPS) is 12.1. The molecule has 1 heterocycles. The van der Waals surface area contributed by atoms with Gasteiger partial charge in [-0.15, -0.1) is 0 Å². The van der Waals surface area contributed by atoms with Crippen molar-refractivity contribution in [1.29, 1.82) is 0 Å². The van der Waals surface area contributed by atoms with Gasteiger partial charge in [-0.3, -0.25) is 4.79 Å². The van der Waals surface area contributed by atoms with Crippen molar-refractivity contribution in [3.05, 3.63) is 59.5 Å². The highest BCUT2D eigenvalue weighted by Crippen LogP contribution is 2.19. The molecule has 20 heavy (non-hydrogen) atoms. The zero-order chi connectivity index (χ0) is 14.4. The summed E-state index contributed by atoms with van der Waals surface area (Å²) in [5, 5.41) is 12.0. The molecule has 1 unspecified atom stereocenters. The van der Waals surface area contributed by atoms with Gasteiger partial charge in [-0.05, 0) is 31.4 Å². The largest absolute Gasteiger partial charge is 0.469 e. The Kier molecular flexibility index (Phi) is 4.96. The predicted octanol–water partition coefficient (Wildman–Crippen LogP) is 2.83. The lowest BCUT2D eigenvalue weighted by atomic mass is 10.0. The van der Waals surface area contributed by atoms with Crippen molar-refractivity contribution in [3.63, 3.8) is 0 Å². The molecule has 0 radical (unpaired) electrons. The van der Waals surface area contributed by atoms with Crippen molar-refractivity contribution in [2.24, 2.45) is 0 Å². The number of carbonyl (C=O) groups is 1. The molecule has 0 fully saturated rings. The maximum absolute atomic E-state index is 12.2. The number of aliphatic hydroxyl groups is 1. The molecule has 2 rings (SSSR count). The topological polar surface area (TPSA) is 62.5 Å². The van der Waals surface area contributed by atoms with E-state index in [1.807, 2.05) is 30.3 Å². The van der Waals surface area contributed by atoms with E-state index >= 15 is 0 Å². The Balaban J connectivity index is 2.12. The minimum Gasteiger partial charge on any atom is -0.469 e. The molecule has 1 atom stereocenters. The molecule has 1 aromatic carbocycles. The summed E-state index contributed by atoms with van der Waals surface area (Å²) >= 11 is 0. The second-order valence-corrected chi connectivity index (χ2v) is 4.69. The monoisotopic (exact) mass is 273 g/mol. The molecule has 1 aromatic heterocycles. The number of nitrogens with one attached hydrogen (secondary N) is 1. The standard InChI is InChI=1S/C16H19NO3/c1-12-14(9-11-20-12)16(19)17-15(8-5-10-18)13-6-3-2-4-7-13/h2-4,6-7,9,11,15,18H,5,8,10H2,1H3,(H,17,19). The first-order valence-corrected chi connectivity index (χ1v) is 6.73. The van der Waals surface area contributed by atoms with Crippen molar-refractivity contribution in [2.75, 3.05) is 6.61 Å². The number of amides is 1. The third kappa shape index (κ3) is 3.48. The second-order valence-electron chi connectivity index (χ2n) is 4.69. The van der Waals surface area contributed by atoms with E-state index in [9.17, 15) is 4.79 Å². The lowest BCUT2D eigenvalue weighted by Crippen LogP contribution is -2.28. The quantitative estimate of drug-likeness (QED) is 0.850. The molecular weight excluding hydrogens is 254 g/mol. The molecule has 0 aliphatic carbocycles. The highest BCUT2D eigenvalue weighted by Gasteiger charge is 2.17. The Morgan fingerprint density at radius 2 is 2.05 bits per heavy atom. The van der Waals surface area contributed by atoms with Gasteiger partial charge < -0.3 is 14.8 Å². The smallest absolute Gasteiger partial charge is 0.255 e. The summed E-state index contributed by atoms with van der Waals surface area (Å²) < 4.78 is 5.15. The van der Waals surface area contributed by atoms with Crippen molar-refractivity contribution < 1.29 is 14.3 Å². The molecule has 0 saturated carbocycles. The molecule has 0 aliphatic rings. The van der Waals surface area contributed by atoms with Gasteiger partial charge in [0.05, 0.1) is 17.9 Å². The van der Waals surface area contributed by atoms with Gasteiger partial charge in [-0.2, -0.15) is 0 Å². The summed E-state index contributed by atoms with van der Waals surface area (Å²) in [5.41, 5.74) is 1.59. The SMILES string of the molecule is Cc1occc1C(=O)NC(CCCO)c1ccccc1. The zero-order valence-corrected chi connectivity index (χ0v) is 11.5. The van der Waals surface area contributed by atoms with Crippen LogP contribution in [0, 0.1) is 6.92 Å². The van der Waals surface area contributed by atoms with Crippen LogP contribution in [-0.4, -0.2) is 17.6 Å². The fourth-order valence-corrected chi connectivity index (χ4v) is 2.16. The molecular formula is C16H19NO3. The molecule has 2 aromatic rings. The Morgan fingerprint density at radius 3 is 2.65 bits per heavy atom. The van der Waals surface area contributed by atoms with Gasteiger partial charge in [-0.1, -0.05) is 30.3 Å². The van der Waals surface area contributed by atoms with E-state index < -0.39 is 0 Å².